The quantitative estimate of drug-likeness (QED) is 0.577. The van der Waals surface area contributed by atoms with Crippen LogP contribution < -0.4 is 15.2 Å². The summed E-state index contributed by atoms with van der Waals surface area (Å²) >= 11 is 3.42. The second kappa shape index (κ2) is 9.43. The third-order valence-corrected chi connectivity index (χ3v) is 4.58. The molecule has 0 aliphatic heterocycles. The molecule has 0 amide bonds. The van der Waals surface area contributed by atoms with E-state index in [1.54, 1.807) is 14.2 Å². The number of hydrogen-bond donors (Lipinski definition) is 1. The fourth-order valence-electron chi connectivity index (χ4n) is 2.67. The van der Waals surface area contributed by atoms with E-state index in [0.717, 1.165) is 51.0 Å². The lowest BCUT2D eigenvalue weighted by Crippen LogP contribution is -1.93. The van der Waals surface area contributed by atoms with Crippen LogP contribution in [0.2, 0.25) is 0 Å². The molecule has 4 nitrogen and oxygen atoms in total. The number of nitrogens with zero attached hydrogens (tertiary/aromatic N) is 1. The number of methoxy groups -OCH3 is 2. The Bertz CT molecular complexity index is 881. The fraction of sp³-hybridized carbons (Fsp3) is 0.286. The van der Waals surface area contributed by atoms with Crippen molar-refractivity contribution < 1.29 is 9.47 Å². The molecular formula is C21H25BrN2O2. The normalized spacial score (nSPS) is 10.2. The summed E-state index contributed by atoms with van der Waals surface area (Å²) in [4.78, 5) is 4.42. The molecule has 0 aliphatic carbocycles. The first-order valence-electron chi connectivity index (χ1n) is 8.56. The van der Waals surface area contributed by atoms with Gasteiger partial charge in [-0.25, -0.2) is 0 Å². The lowest BCUT2D eigenvalue weighted by atomic mass is 10.1. The molecule has 0 bridgehead atoms. The maximum Gasteiger partial charge on any atom is 0.119 e. The van der Waals surface area contributed by atoms with Gasteiger partial charge in [0.2, 0.25) is 0 Å². The van der Waals surface area contributed by atoms with Crippen molar-refractivity contribution in [1.29, 1.82) is 0 Å². The lowest BCUT2D eigenvalue weighted by molar-refractivity contribution is 0.414. The van der Waals surface area contributed by atoms with Gasteiger partial charge < -0.3 is 15.2 Å². The summed E-state index contributed by atoms with van der Waals surface area (Å²) in [5.41, 5.74) is 9.96. The summed E-state index contributed by atoms with van der Waals surface area (Å²) in [7, 11) is 3.34. The molecule has 3 rings (SSSR count). The molecule has 26 heavy (non-hydrogen) atoms. The van der Waals surface area contributed by atoms with Crippen molar-refractivity contribution in [2.45, 2.75) is 26.7 Å². The van der Waals surface area contributed by atoms with Crippen molar-refractivity contribution in [3.8, 4) is 11.5 Å². The van der Waals surface area contributed by atoms with Gasteiger partial charge in [-0.1, -0.05) is 13.8 Å². The number of pyridine rings is 1. The number of nitrogen functional groups attached to an aromatic ring is 1. The van der Waals surface area contributed by atoms with Gasteiger partial charge in [0, 0.05) is 21.7 Å². The number of anilines is 1. The first-order valence-corrected chi connectivity index (χ1v) is 9.36. The summed E-state index contributed by atoms with van der Waals surface area (Å²) in [6, 6.07) is 11.8. The first kappa shape index (κ1) is 20.0. The number of halogens is 1. The van der Waals surface area contributed by atoms with Crippen LogP contribution in [0.4, 0.5) is 5.69 Å². The standard InChI is InChI=1S/C12H12BrNO.C9H13NO/c1-3-8-5-11(15-2)6-9-4-10(13)7-14-12(8)9;1-3-7-6-8(11-2)4-5-9(7)10/h4-7H,3H2,1-2H3;4-6H,3,10H2,1-2H3. The van der Waals surface area contributed by atoms with Crippen LogP contribution in [0.15, 0.2) is 47.1 Å². The van der Waals surface area contributed by atoms with E-state index in [0.29, 0.717) is 0 Å². The maximum atomic E-state index is 5.70. The van der Waals surface area contributed by atoms with Crippen LogP contribution in [0.1, 0.15) is 25.0 Å². The highest BCUT2D eigenvalue weighted by Crippen LogP contribution is 2.26. The number of aryl methyl sites for hydroxylation is 2. The first-order chi connectivity index (χ1) is 12.5. The van der Waals surface area contributed by atoms with Crippen molar-refractivity contribution in [2.75, 3.05) is 20.0 Å². The SMILES string of the molecule is CCc1cc(OC)cc2cc(Br)cnc12.CCc1cc(OC)ccc1N. The molecule has 1 aromatic heterocycles. The largest absolute Gasteiger partial charge is 0.497 e. The molecule has 3 aromatic rings. The lowest BCUT2D eigenvalue weighted by Gasteiger charge is -2.07. The van der Waals surface area contributed by atoms with Crippen LogP contribution in [0.25, 0.3) is 10.9 Å². The predicted molar refractivity (Wildman–Crippen MR) is 112 cm³/mol. The van der Waals surface area contributed by atoms with Gasteiger partial charge in [0.05, 0.1) is 19.7 Å². The summed E-state index contributed by atoms with van der Waals surface area (Å²) in [5, 5.41) is 1.11. The smallest absolute Gasteiger partial charge is 0.119 e. The van der Waals surface area contributed by atoms with E-state index < -0.39 is 0 Å². The monoisotopic (exact) mass is 416 g/mol. The summed E-state index contributed by atoms with van der Waals surface area (Å²) < 4.78 is 11.3. The molecule has 0 saturated carbocycles. The Morgan fingerprint density at radius 1 is 0.923 bits per heavy atom. The number of ether oxygens (including phenoxy) is 2. The number of hydrogen-bond acceptors (Lipinski definition) is 4. The van der Waals surface area contributed by atoms with Gasteiger partial charge in [-0.3, -0.25) is 4.98 Å². The van der Waals surface area contributed by atoms with Crippen molar-refractivity contribution in [3.63, 3.8) is 0 Å². The number of aromatic nitrogens is 1. The minimum absolute atomic E-state index is 0.841. The van der Waals surface area contributed by atoms with Gasteiger partial charge in [0.15, 0.2) is 0 Å². The van der Waals surface area contributed by atoms with E-state index in [1.165, 1.54) is 5.56 Å². The molecule has 0 saturated heterocycles. The average Bonchev–Trinajstić information content (AvgIpc) is 2.67. The number of nitrogens with two attached hydrogens (primary N) is 1. The molecule has 0 unspecified atom stereocenters. The van der Waals surface area contributed by atoms with Gasteiger partial charge in [-0.2, -0.15) is 0 Å². The third kappa shape index (κ3) is 4.88. The molecule has 0 aliphatic rings. The van der Waals surface area contributed by atoms with Gasteiger partial charge >= 0.3 is 0 Å². The van der Waals surface area contributed by atoms with Crippen LogP contribution in [0, 0.1) is 0 Å². The minimum atomic E-state index is 0.841. The van der Waals surface area contributed by atoms with Crippen LogP contribution in [-0.4, -0.2) is 19.2 Å². The van der Waals surface area contributed by atoms with Crippen LogP contribution in [-0.2, 0) is 12.8 Å². The molecular weight excluding hydrogens is 392 g/mol. The number of benzene rings is 2. The molecule has 1 heterocycles. The molecule has 0 spiro atoms. The highest BCUT2D eigenvalue weighted by Gasteiger charge is 2.04. The zero-order chi connectivity index (χ0) is 19.1. The Balaban J connectivity index is 0.000000197. The Kier molecular flexibility index (Phi) is 7.27. The average molecular weight is 417 g/mol. The Morgan fingerprint density at radius 3 is 2.19 bits per heavy atom. The molecule has 0 atom stereocenters. The van der Waals surface area contributed by atoms with Crippen molar-refractivity contribution in [1.82, 2.24) is 4.98 Å². The molecule has 138 valence electrons. The molecule has 0 fully saturated rings. The maximum absolute atomic E-state index is 5.70. The van der Waals surface area contributed by atoms with Crippen LogP contribution in [0.3, 0.4) is 0 Å². The second-order valence-corrected chi connectivity index (χ2v) is 6.70. The number of fused-ring (bicyclic) bond motifs is 1. The molecule has 5 heteroatoms. The minimum Gasteiger partial charge on any atom is -0.497 e. The van der Waals surface area contributed by atoms with Gasteiger partial charge in [-0.15, -0.1) is 0 Å². The van der Waals surface area contributed by atoms with Crippen LogP contribution in [0.5, 0.6) is 11.5 Å². The summed E-state index contributed by atoms with van der Waals surface area (Å²) in [6.07, 6.45) is 3.74. The Morgan fingerprint density at radius 2 is 1.58 bits per heavy atom. The highest BCUT2D eigenvalue weighted by molar-refractivity contribution is 9.10. The van der Waals surface area contributed by atoms with E-state index in [9.17, 15) is 0 Å². The van der Waals surface area contributed by atoms with Crippen molar-refractivity contribution in [3.05, 3.63) is 58.2 Å². The van der Waals surface area contributed by atoms with Gasteiger partial charge in [-0.05, 0) is 76.3 Å². The van der Waals surface area contributed by atoms with E-state index in [-0.39, 0.29) is 0 Å². The summed E-state index contributed by atoms with van der Waals surface area (Å²) in [6.45, 7) is 4.20. The topological polar surface area (TPSA) is 57.4 Å². The highest BCUT2D eigenvalue weighted by atomic mass is 79.9. The van der Waals surface area contributed by atoms with Crippen molar-refractivity contribution in [2.24, 2.45) is 0 Å². The summed E-state index contributed by atoms with van der Waals surface area (Å²) in [5.74, 6) is 1.76. The molecule has 2 aromatic carbocycles. The van der Waals surface area contributed by atoms with E-state index >= 15 is 0 Å². The fourth-order valence-corrected chi connectivity index (χ4v) is 3.02. The van der Waals surface area contributed by atoms with E-state index in [1.807, 2.05) is 36.5 Å². The third-order valence-electron chi connectivity index (χ3n) is 4.15. The second-order valence-electron chi connectivity index (χ2n) is 5.78. The zero-order valence-corrected chi connectivity index (χ0v) is 17.3. The number of rotatable bonds is 4. The Labute approximate surface area is 163 Å². The van der Waals surface area contributed by atoms with Gasteiger partial charge in [0.1, 0.15) is 11.5 Å². The molecule has 0 radical (unpaired) electrons. The predicted octanol–water partition coefficient (Wildman–Crippen LogP) is 5.41. The van der Waals surface area contributed by atoms with Crippen LogP contribution >= 0.6 is 15.9 Å². The molecule has 2 N–H and O–H groups in total. The van der Waals surface area contributed by atoms with Crippen molar-refractivity contribution >= 4 is 32.5 Å². The van der Waals surface area contributed by atoms with E-state index in [2.05, 4.69) is 40.8 Å². The van der Waals surface area contributed by atoms with Gasteiger partial charge in [0.25, 0.3) is 0 Å². The van der Waals surface area contributed by atoms with E-state index in [4.69, 9.17) is 15.2 Å². The zero-order valence-electron chi connectivity index (χ0n) is 15.7. The Hall–Kier alpha value is -2.27.